The van der Waals surface area contributed by atoms with Gasteiger partial charge >= 0.3 is 0 Å². The number of benzene rings is 4. The second kappa shape index (κ2) is 9.60. The highest BCUT2D eigenvalue weighted by Gasteiger charge is 2.21. The number of hydrogen-bond acceptors (Lipinski definition) is 2. The molecule has 2 nitrogen and oxygen atoms in total. The Hall–Kier alpha value is -3.95. The molecule has 2 aromatic heterocycles. The van der Waals surface area contributed by atoms with Crippen LogP contribution in [0.5, 0.6) is 0 Å². The zero-order chi connectivity index (χ0) is 28.2. The van der Waals surface area contributed by atoms with Crippen LogP contribution in [0.2, 0.25) is 0 Å². The summed E-state index contributed by atoms with van der Waals surface area (Å²) < 4.78 is 2.41. The molecule has 0 atom stereocenters. The first-order chi connectivity index (χ1) is 19.0. The van der Waals surface area contributed by atoms with Gasteiger partial charge in [0, 0.05) is 26.8 Å². The molecule has 0 aliphatic heterocycles. The molecule has 6 rings (SSSR count). The quantitative estimate of drug-likeness (QED) is 0.203. The molecule has 0 bridgehead atoms. The van der Waals surface area contributed by atoms with Crippen molar-refractivity contribution in [3.63, 3.8) is 0 Å². The van der Waals surface area contributed by atoms with Gasteiger partial charge in [-0.25, -0.2) is 0 Å². The summed E-state index contributed by atoms with van der Waals surface area (Å²) in [5.74, 6) is 0.0496. The van der Waals surface area contributed by atoms with Crippen molar-refractivity contribution in [2.45, 2.75) is 52.4 Å². The van der Waals surface area contributed by atoms with E-state index >= 15 is 0 Å². The van der Waals surface area contributed by atoms with Crippen molar-refractivity contribution in [3.8, 4) is 15.4 Å². The minimum Gasteiger partial charge on any atom is -0.301 e. The molecule has 0 saturated heterocycles. The Morgan fingerprint density at radius 2 is 1.12 bits per heavy atom. The van der Waals surface area contributed by atoms with Gasteiger partial charge in [0.05, 0.1) is 11.0 Å². The van der Waals surface area contributed by atoms with Crippen LogP contribution in [0.4, 0.5) is 0 Å². The third-order valence-corrected chi connectivity index (χ3v) is 8.90. The van der Waals surface area contributed by atoms with E-state index in [9.17, 15) is 4.79 Å². The molecule has 0 aliphatic carbocycles. The molecular formula is C37H35NOS. The number of ketones is 1. The molecule has 3 heteroatoms. The average Bonchev–Trinajstić information content (AvgIpc) is 3.54. The fraction of sp³-hybridized carbons (Fsp3) is 0.216. The summed E-state index contributed by atoms with van der Waals surface area (Å²) in [6.45, 7) is 13.7. The zero-order valence-corrected chi connectivity index (χ0v) is 24.9. The van der Waals surface area contributed by atoms with Crippen LogP contribution < -0.4 is 0 Å². The first-order valence-electron chi connectivity index (χ1n) is 13.9. The monoisotopic (exact) mass is 541 g/mol. The Morgan fingerprint density at radius 1 is 0.600 bits per heavy atom. The maximum absolute atomic E-state index is 12.9. The fourth-order valence-electron chi connectivity index (χ4n) is 5.34. The summed E-state index contributed by atoms with van der Waals surface area (Å²) in [7, 11) is 0. The van der Waals surface area contributed by atoms with E-state index in [1.54, 1.807) is 11.3 Å². The van der Waals surface area contributed by atoms with Gasteiger partial charge in [-0.05, 0) is 63.9 Å². The van der Waals surface area contributed by atoms with Crippen LogP contribution in [0.1, 0.15) is 68.6 Å². The summed E-state index contributed by atoms with van der Waals surface area (Å²) in [6.07, 6.45) is 0. The van der Waals surface area contributed by atoms with Crippen LogP contribution in [0.15, 0.2) is 103 Å². The standard InChI is InChI=1S/C37H35NOS/c1-36(2,3)27-16-18-31-29(22-27)30-23-28(37(4,5)6)17-19-32(30)38(31)34-21-20-33(40-34)24-12-14-26(15-13-24)35(39)25-10-8-7-9-11-25/h7-23H,1-6H3. The van der Waals surface area contributed by atoms with Crippen LogP contribution in [0.3, 0.4) is 0 Å². The molecular weight excluding hydrogens is 506 g/mol. The predicted molar refractivity (Wildman–Crippen MR) is 171 cm³/mol. The van der Waals surface area contributed by atoms with E-state index in [1.165, 1.54) is 42.8 Å². The topological polar surface area (TPSA) is 22.0 Å². The van der Waals surface area contributed by atoms with Crippen LogP contribution >= 0.6 is 11.3 Å². The number of carbonyl (C=O) groups is 1. The van der Waals surface area contributed by atoms with E-state index in [4.69, 9.17) is 0 Å². The lowest BCUT2D eigenvalue weighted by molar-refractivity contribution is 0.103. The molecule has 0 N–H and O–H groups in total. The third kappa shape index (κ3) is 4.69. The Labute approximate surface area is 240 Å². The first kappa shape index (κ1) is 26.3. The molecule has 200 valence electrons. The van der Waals surface area contributed by atoms with E-state index in [-0.39, 0.29) is 16.6 Å². The summed E-state index contributed by atoms with van der Waals surface area (Å²) in [6, 6.07) is 35.8. The molecule has 4 aromatic carbocycles. The zero-order valence-electron chi connectivity index (χ0n) is 24.1. The van der Waals surface area contributed by atoms with E-state index in [0.29, 0.717) is 11.1 Å². The van der Waals surface area contributed by atoms with Gasteiger partial charge in [-0.1, -0.05) is 108 Å². The molecule has 0 saturated carbocycles. The number of hydrogen-bond donors (Lipinski definition) is 0. The second-order valence-electron chi connectivity index (χ2n) is 12.7. The summed E-state index contributed by atoms with van der Waals surface area (Å²) in [5, 5.41) is 3.78. The van der Waals surface area contributed by atoms with Crippen LogP contribution in [-0.2, 0) is 10.8 Å². The Kier molecular flexibility index (Phi) is 6.31. The third-order valence-electron chi connectivity index (χ3n) is 7.78. The van der Waals surface area contributed by atoms with Crippen LogP contribution in [0, 0.1) is 0 Å². The predicted octanol–water partition coefficient (Wildman–Crippen LogP) is 10.3. The van der Waals surface area contributed by atoms with E-state index < -0.39 is 0 Å². The van der Waals surface area contributed by atoms with Crippen molar-refractivity contribution >= 4 is 38.9 Å². The highest BCUT2D eigenvalue weighted by atomic mass is 32.1. The highest BCUT2D eigenvalue weighted by molar-refractivity contribution is 7.18. The van der Waals surface area contributed by atoms with Gasteiger partial charge < -0.3 is 4.57 Å². The average molecular weight is 542 g/mol. The van der Waals surface area contributed by atoms with E-state index in [0.717, 1.165) is 5.56 Å². The van der Waals surface area contributed by atoms with Gasteiger partial charge in [-0.2, -0.15) is 0 Å². The SMILES string of the molecule is CC(C)(C)c1ccc2c(c1)c1cc(C(C)(C)C)ccc1n2-c1ccc(-c2ccc(C(=O)c3ccccc3)cc2)s1. The molecule has 0 unspecified atom stereocenters. The van der Waals surface area contributed by atoms with Gasteiger partial charge in [0.15, 0.2) is 5.78 Å². The fourth-order valence-corrected chi connectivity index (χ4v) is 6.38. The number of nitrogens with zero attached hydrogens (tertiary/aromatic N) is 1. The van der Waals surface area contributed by atoms with Crippen molar-refractivity contribution in [1.29, 1.82) is 0 Å². The maximum atomic E-state index is 12.9. The van der Waals surface area contributed by atoms with Gasteiger partial charge in [-0.15, -0.1) is 11.3 Å². The van der Waals surface area contributed by atoms with Gasteiger partial charge in [0.1, 0.15) is 5.00 Å². The number of thiophene rings is 1. The minimum absolute atomic E-state index is 0.0496. The van der Waals surface area contributed by atoms with Crippen molar-refractivity contribution in [2.24, 2.45) is 0 Å². The normalized spacial score (nSPS) is 12.3. The molecule has 0 fully saturated rings. The van der Waals surface area contributed by atoms with Crippen molar-refractivity contribution in [1.82, 2.24) is 4.57 Å². The van der Waals surface area contributed by atoms with Crippen LogP contribution in [0.25, 0.3) is 37.2 Å². The molecule has 0 spiro atoms. The van der Waals surface area contributed by atoms with E-state index in [1.807, 2.05) is 42.5 Å². The molecule has 40 heavy (non-hydrogen) atoms. The second-order valence-corrected chi connectivity index (χ2v) is 13.8. The lowest BCUT2D eigenvalue weighted by Gasteiger charge is -2.19. The number of carbonyl (C=O) groups excluding carboxylic acids is 1. The molecule has 2 heterocycles. The number of rotatable bonds is 4. The lowest BCUT2D eigenvalue weighted by atomic mass is 9.85. The van der Waals surface area contributed by atoms with Crippen molar-refractivity contribution in [2.75, 3.05) is 0 Å². The van der Waals surface area contributed by atoms with Crippen LogP contribution in [-0.4, -0.2) is 10.4 Å². The minimum atomic E-state index is 0.0496. The maximum Gasteiger partial charge on any atom is 0.193 e. The molecule has 0 aliphatic rings. The Morgan fingerprint density at radius 3 is 1.65 bits per heavy atom. The Balaban J connectivity index is 1.44. The van der Waals surface area contributed by atoms with Gasteiger partial charge in [0.25, 0.3) is 0 Å². The van der Waals surface area contributed by atoms with Gasteiger partial charge in [0.2, 0.25) is 0 Å². The molecule has 0 amide bonds. The number of fused-ring (bicyclic) bond motifs is 3. The lowest BCUT2D eigenvalue weighted by Crippen LogP contribution is -2.10. The largest absolute Gasteiger partial charge is 0.301 e. The first-order valence-corrected chi connectivity index (χ1v) is 14.7. The summed E-state index contributed by atoms with van der Waals surface area (Å²) in [5.41, 5.74) is 7.84. The van der Waals surface area contributed by atoms with Gasteiger partial charge in [-0.3, -0.25) is 4.79 Å². The van der Waals surface area contributed by atoms with E-state index in [2.05, 4.69) is 107 Å². The number of aromatic nitrogens is 1. The smallest absolute Gasteiger partial charge is 0.193 e. The van der Waals surface area contributed by atoms with Crippen molar-refractivity contribution in [3.05, 3.63) is 125 Å². The molecule has 6 aromatic rings. The Bertz CT molecular complexity index is 1780. The highest BCUT2D eigenvalue weighted by Crippen LogP contribution is 2.40. The summed E-state index contributed by atoms with van der Waals surface area (Å²) in [4.78, 5) is 14.1. The molecule has 0 radical (unpaired) electrons. The summed E-state index contributed by atoms with van der Waals surface area (Å²) >= 11 is 1.78. The van der Waals surface area contributed by atoms with Crippen molar-refractivity contribution < 1.29 is 4.79 Å².